The monoisotopic (exact) mass is 242 g/mol. The quantitative estimate of drug-likeness (QED) is 0.866. The number of hydrogen-bond acceptors (Lipinski definition) is 3. The van der Waals surface area contributed by atoms with Crippen LogP contribution in [0.4, 0.5) is 0 Å². The molecule has 2 aromatic rings. The highest BCUT2D eigenvalue weighted by Gasteiger charge is 2.26. The van der Waals surface area contributed by atoms with Crippen LogP contribution in [0.3, 0.4) is 0 Å². The Bertz CT molecular complexity index is 506. The van der Waals surface area contributed by atoms with Gasteiger partial charge in [0.15, 0.2) is 0 Å². The van der Waals surface area contributed by atoms with Crippen LogP contribution in [0.1, 0.15) is 48.9 Å². The second-order valence-electron chi connectivity index (χ2n) is 4.74. The minimum atomic E-state index is 0.276. The molecule has 0 saturated carbocycles. The molecule has 0 spiro atoms. The molecule has 1 aliphatic carbocycles. The highest BCUT2D eigenvalue weighted by atomic mass is 15.0. The number of H-pyrrole nitrogens is 1. The van der Waals surface area contributed by atoms with Crippen molar-refractivity contribution in [3.63, 3.8) is 0 Å². The van der Waals surface area contributed by atoms with Crippen molar-refractivity contribution < 1.29 is 0 Å². The number of imidazole rings is 1. The van der Waals surface area contributed by atoms with Gasteiger partial charge in [-0.05, 0) is 30.9 Å². The van der Waals surface area contributed by atoms with Crippen LogP contribution in [-0.2, 0) is 6.42 Å². The normalized spacial score (nSPS) is 19.7. The summed E-state index contributed by atoms with van der Waals surface area (Å²) in [6, 6.07) is 4.83. The van der Waals surface area contributed by atoms with Gasteiger partial charge in [0.25, 0.3) is 0 Å². The van der Waals surface area contributed by atoms with Crippen molar-refractivity contribution in [3.05, 3.63) is 47.8 Å². The van der Waals surface area contributed by atoms with Crippen molar-refractivity contribution in [1.82, 2.24) is 20.3 Å². The highest BCUT2D eigenvalue weighted by Crippen LogP contribution is 2.31. The molecule has 4 heteroatoms. The molecule has 2 N–H and O–H groups in total. The van der Waals surface area contributed by atoms with Crippen molar-refractivity contribution in [2.45, 2.75) is 38.3 Å². The third-order valence-electron chi connectivity index (χ3n) is 3.62. The molecule has 0 saturated heterocycles. The molecular weight excluding hydrogens is 224 g/mol. The molecule has 94 valence electrons. The molecule has 1 aliphatic rings. The van der Waals surface area contributed by atoms with Gasteiger partial charge in [-0.1, -0.05) is 13.0 Å². The predicted octanol–water partition coefficient (Wildman–Crippen LogP) is 2.53. The van der Waals surface area contributed by atoms with Crippen LogP contribution in [-0.4, -0.2) is 15.0 Å². The van der Waals surface area contributed by atoms with Gasteiger partial charge in [-0.25, -0.2) is 4.98 Å². The standard InChI is InChI=1S/C14H18N4/c1-2-11(14-16-8-9-17-14)18-12-6-5-10-4-3-7-15-13(10)12/h3-4,7-9,11-12,18H,2,5-6H2,1H3,(H,16,17). The first-order valence-corrected chi connectivity index (χ1v) is 6.57. The maximum Gasteiger partial charge on any atom is 0.123 e. The van der Waals surface area contributed by atoms with Gasteiger partial charge in [0.1, 0.15) is 5.82 Å². The molecule has 0 aromatic carbocycles. The number of fused-ring (bicyclic) bond motifs is 1. The minimum absolute atomic E-state index is 0.276. The number of aryl methyl sites for hydroxylation is 1. The lowest BCUT2D eigenvalue weighted by Gasteiger charge is -2.20. The Hall–Kier alpha value is -1.68. The van der Waals surface area contributed by atoms with Crippen LogP contribution < -0.4 is 5.32 Å². The molecule has 2 heterocycles. The van der Waals surface area contributed by atoms with Gasteiger partial charge in [0.05, 0.1) is 17.8 Å². The van der Waals surface area contributed by atoms with Gasteiger partial charge in [0, 0.05) is 18.6 Å². The average molecular weight is 242 g/mol. The summed E-state index contributed by atoms with van der Waals surface area (Å²) in [5.41, 5.74) is 2.59. The molecule has 3 rings (SSSR count). The van der Waals surface area contributed by atoms with Gasteiger partial charge in [0.2, 0.25) is 0 Å². The second kappa shape index (κ2) is 4.90. The smallest absolute Gasteiger partial charge is 0.123 e. The van der Waals surface area contributed by atoms with Crippen LogP contribution in [0.5, 0.6) is 0 Å². The van der Waals surface area contributed by atoms with E-state index in [0.717, 1.165) is 25.1 Å². The summed E-state index contributed by atoms with van der Waals surface area (Å²) < 4.78 is 0. The number of nitrogens with one attached hydrogen (secondary N) is 2. The lowest BCUT2D eigenvalue weighted by molar-refractivity contribution is 0.415. The van der Waals surface area contributed by atoms with Crippen molar-refractivity contribution in [2.75, 3.05) is 0 Å². The first kappa shape index (κ1) is 11.4. The summed E-state index contributed by atoms with van der Waals surface area (Å²) in [5.74, 6) is 1.02. The molecule has 0 aliphatic heterocycles. The molecule has 0 amide bonds. The molecule has 2 unspecified atom stereocenters. The fourth-order valence-corrected chi connectivity index (χ4v) is 2.68. The minimum Gasteiger partial charge on any atom is -0.347 e. The predicted molar refractivity (Wildman–Crippen MR) is 70.1 cm³/mol. The average Bonchev–Trinajstić information content (AvgIpc) is 3.06. The zero-order chi connectivity index (χ0) is 12.4. The molecule has 2 atom stereocenters. The molecule has 4 nitrogen and oxygen atoms in total. The van der Waals surface area contributed by atoms with Gasteiger partial charge in [-0.2, -0.15) is 0 Å². The summed E-state index contributed by atoms with van der Waals surface area (Å²) >= 11 is 0. The van der Waals surface area contributed by atoms with E-state index in [4.69, 9.17) is 0 Å². The van der Waals surface area contributed by atoms with E-state index in [1.807, 2.05) is 18.5 Å². The maximum absolute atomic E-state index is 4.52. The van der Waals surface area contributed by atoms with E-state index in [2.05, 4.69) is 33.3 Å². The lowest BCUT2D eigenvalue weighted by Crippen LogP contribution is -2.26. The van der Waals surface area contributed by atoms with E-state index in [1.54, 1.807) is 6.20 Å². The van der Waals surface area contributed by atoms with Crippen molar-refractivity contribution in [1.29, 1.82) is 0 Å². The number of hydrogen-bond donors (Lipinski definition) is 2. The Kier molecular flexibility index (Phi) is 3.11. The van der Waals surface area contributed by atoms with Gasteiger partial charge in [-0.15, -0.1) is 0 Å². The first-order valence-electron chi connectivity index (χ1n) is 6.57. The molecule has 18 heavy (non-hydrogen) atoms. The molecule has 2 aromatic heterocycles. The molecular formula is C14H18N4. The van der Waals surface area contributed by atoms with Crippen LogP contribution in [0.25, 0.3) is 0 Å². The lowest BCUT2D eigenvalue weighted by atomic mass is 10.1. The van der Waals surface area contributed by atoms with E-state index in [1.165, 1.54) is 11.3 Å². The Morgan fingerprint density at radius 2 is 2.39 bits per heavy atom. The Morgan fingerprint density at radius 1 is 1.44 bits per heavy atom. The zero-order valence-electron chi connectivity index (χ0n) is 10.6. The zero-order valence-corrected chi connectivity index (χ0v) is 10.6. The molecule has 0 fully saturated rings. The Balaban J connectivity index is 1.77. The summed E-state index contributed by atoms with van der Waals surface area (Å²) in [4.78, 5) is 12.1. The summed E-state index contributed by atoms with van der Waals surface area (Å²) in [7, 11) is 0. The summed E-state index contributed by atoms with van der Waals surface area (Å²) in [6.07, 6.45) is 8.83. The largest absolute Gasteiger partial charge is 0.347 e. The number of aromatic nitrogens is 3. The van der Waals surface area contributed by atoms with Gasteiger partial charge < -0.3 is 4.98 Å². The number of rotatable bonds is 4. The fourth-order valence-electron chi connectivity index (χ4n) is 2.68. The van der Waals surface area contributed by atoms with Crippen LogP contribution in [0.2, 0.25) is 0 Å². The summed E-state index contributed by atoms with van der Waals surface area (Å²) in [6.45, 7) is 2.18. The Morgan fingerprint density at radius 3 is 3.17 bits per heavy atom. The Labute approximate surface area is 107 Å². The van der Waals surface area contributed by atoms with E-state index in [0.29, 0.717) is 6.04 Å². The van der Waals surface area contributed by atoms with E-state index in [9.17, 15) is 0 Å². The van der Waals surface area contributed by atoms with Crippen LogP contribution in [0, 0.1) is 0 Å². The van der Waals surface area contributed by atoms with E-state index >= 15 is 0 Å². The maximum atomic E-state index is 4.52. The second-order valence-corrected chi connectivity index (χ2v) is 4.74. The van der Waals surface area contributed by atoms with Crippen LogP contribution in [0.15, 0.2) is 30.7 Å². The van der Waals surface area contributed by atoms with Crippen LogP contribution >= 0.6 is 0 Å². The first-order chi connectivity index (χ1) is 8.88. The number of nitrogens with zero attached hydrogens (tertiary/aromatic N) is 2. The molecule has 0 bridgehead atoms. The topological polar surface area (TPSA) is 53.6 Å². The van der Waals surface area contributed by atoms with Gasteiger partial charge >= 0.3 is 0 Å². The summed E-state index contributed by atoms with van der Waals surface area (Å²) in [5, 5.41) is 3.67. The van der Waals surface area contributed by atoms with Crippen molar-refractivity contribution in [3.8, 4) is 0 Å². The number of aromatic amines is 1. The van der Waals surface area contributed by atoms with E-state index in [-0.39, 0.29) is 6.04 Å². The SMILES string of the molecule is CCC(NC1CCc2cccnc21)c1ncc[nH]1. The highest BCUT2D eigenvalue weighted by molar-refractivity contribution is 5.28. The third-order valence-corrected chi connectivity index (χ3v) is 3.62. The van der Waals surface area contributed by atoms with Crippen molar-refractivity contribution in [2.24, 2.45) is 0 Å². The fraction of sp³-hybridized carbons (Fsp3) is 0.429. The van der Waals surface area contributed by atoms with E-state index < -0.39 is 0 Å². The van der Waals surface area contributed by atoms with Gasteiger partial charge in [-0.3, -0.25) is 10.3 Å². The third kappa shape index (κ3) is 2.04. The van der Waals surface area contributed by atoms with Crippen molar-refractivity contribution >= 4 is 0 Å². The number of pyridine rings is 1. The molecule has 0 radical (unpaired) electrons.